The molecule has 0 radical (unpaired) electrons. The molecule has 1 aromatic heterocycles. The van der Waals surface area contributed by atoms with Gasteiger partial charge in [-0.3, -0.25) is 4.79 Å². The highest BCUT2D eigenvalue weighted by Gasteiger charge is 2.18. The van der Waals surface area contributed by atoms with Crippen molar-refractivity contribution in [1.82, 2.24) is 15.1 Å². The topological polar surface area (TPSA) is 46.9 Å². The van der Waals surface area contributed by atoms with E-state index in [1.807, 2.05) is 50.2 Å². The Morgan fingerprint density at radius 1 is 1.12 bits per heavy atom. The number of nitrogens with zero attached hydrogens (tertiary/aromatic N) is 2. The molecule has 3 aromatic rings. The number of aryl methyl sites for hydroxylation is 1. The number of hydrogen-bond donors (Lipinski definition) is 1. The fourth-order valence-electron chi connectivity index (χ4n) is 2.89. The van der Waals surface area contributed by atoms with E-state index < -0.39 is 0 Å². The van der Waals surface area contributed by atoms with Gasteiger partial charge < -0.3 is 5.32 Å². The Morgan fingerprint density at radius 2 is 1.88 bits per heavy atom. The van der Waals surface area contributed by atoms with Gasteiger partial charge in [0.05, 0.1) is 22.6 Å². The van der Waals surface area contributed by atoms with E-state index in [0.717, 1.165) is 16.9 Å². The molecule has 2 aromatic carbocycles. The van der Waals surface area contributed by atoms with E-state index in [2.05, 4.69) is 10.4 Å². The lowest BCUT2D eigenvalue weighted by Crippen LogP contribution is -2.26. The number of carbonyl (C=O) groups is 1. The molecule has 4 nitrogen and oxygen atoms in total. The molecule has 25 heavy (non-hydrogen) atoms. The number of para-hydroxylation sites is 1. The summed E-state index contributed by atoms with van der Waals surface area (Å²) >= 11 is 0. The van der Waals surface area contributed by atoms with Gasteiger partial charge in [-0.05, 0) is 50.1 Å². The summed E-state index contributed by atoms with van der Waals surface area (Å²) in [5.41, 5.74) is 3.84. The summed E-state index contributed by atoms with van der Waals surface area (Å²) in [6, 6.07) is 16.1. The highest BCUT2D eigenvalue weighted by molar-refractivity contribution is 5.96. The highest BCUT2D eigenvalue weighted by atomic mass is 19.1. The van der Waals surface area contributed by atoms with Crippen LogP contribution in [0.2, 0.25) is 0 Å². The van der Waals surface area contributed by atoms with Crippen molar-refractivity contribution < 1.29 is 9.18 Å². The van der Waals surface area contributed by atoms with E-state index in [1.165, 1.54) is 12.1 Å². The van der Waals surface area contributed by atoms with Crippen molar-refractivity contribution >= 4 is 5.91 Å². The van der Waals surface area contributed by atoms with Gasteiger partial charge in [-0.1, -0.05) is 30.3 Å². The minimum Gasteiger partial charge on any atom is -0.352 e. The van der Waals surface area contributed by atoms with E-state index in [9.17, 15) is 9.18 Å². The summed E-state index contributed by atoms with van der Waals surface area (Å²) in [6.07, 6.45) is 0.578. The number of carbonyl (C=O) groups excluding carboxylic acids is 1. The fourth-order valence-corrected chi connectivity index (χ4v) is 2.89. The lowest BCUT2D eigenvalue weighted by atomic mass is 10.1. The summed E-state index contributed by atoms with van der Waals surface area (Å²) in [5, 5.41) is 7.38. The van der Waals surface area contributed by atoms with Gasteiger partial charge in [-0.15, -0.1) is 0 Å². The lowest BCUT2D eigenvalue weighted by Gasteiger charge is -2.07. The first-order valence-electron chi connectivity index (χ1n) is 8.20. The number of benzene rings is 2. The van der Waals surface area contributed by atoms with Gasteiger partial charge in [0.25, 0.3) is 5.91 Å². The molecule has 0 spiro atoms. The van der Waals surface area contributed by atoms with Crippen LogP contribution in [0.4, 0.5) is 4.39 Å². The average Bonchev–Trinajstić information content (AvgIpc) is 2.90. The molecule has 3 rings (SSSR count). The van der Waals surface area contributed by atoms with Crippen LogP contribution in [0.3, 0.4) is 0 Å². The zero-order valence-corrected chi connectivity index (χ0v) is 14.3. The van der Waals surface area contributed by atoms with Gasteiger partial charge in [0, 0.05) is 6.54 Å². The number of hydrogen-bond acceptors (Lipinski definition) is 2. The zero-order chi connectivity index (χ0) is 17.8. The van der Waals surface area contributed by atoms with Crippen LogP contribution in [0.15, 0.2) is 54.6 Å². The molecule has 1 heterocycles. The van der Waals surface area contributed by atoms with Crippen LogP contribution in [0.25, 0.3) is 5.69 Å². The summed E-state index contributed by atoms with van der Waals surface area (Å²) in [4.78, 5) is 12.5. The van der Waals surface area contributed by atoms with Crippen LogP contribution >= 0.6 is 0 Å². The Bertz CT molecular complexity index is 887. The smallest absolute Gasteiger partial charge is 0.255 e. The number of aromatic nitrogens is 2. The van der Waals surface area contributed by atoms with Crippen molar-refractivity contribution in [1.29, 1.82) is 0 Å². The summed E-state index contributed by atoms with van der Waals surface area (Å²) in [6.45, 7) is 4.15. The average molecular weight is 337 g/mol. The number of halogens is 1. The largest absolute Gasteiger partial charge is 0.352 e. The Kier molecular flexibility index (Phi) is 4.93. The summed E-state index contributed by atoms with van der Waals surface area (Å²) in [7, 11) is 0. The SMILES string of the molecule is Cc1nn(-c2ccccc2)c(C)c1C(=O)NCCc1cccc(F)c1. The third kappa shape index (κ3) is 3.76. The van der Waals surface area contributed by atoms with E-state index in [0.29, 0.717) is 24.2 Å². The minimum absolute atomic E-state index is 0.159. The third-order valence-corrected chi connectivity index (χ3v) is 4.11. The summed E-state index contributed by atoms with van der Waals surface area (Å²) < 4.78 is 15.0. The van der Waals surface area contributed by atoms with E-state index in [4.69, 9.17) is 0 Å². The standard InChI is InChI=1S/C20H20FN3O/c1-14-19(15(2)24(23-14)18-9-4-3-5-10-18)20(25)22-12-11-16-7-6-8-17(21)13-16/h3-10,13H,11-12H2,1-2H3,(H,22,25). The molecule has 1 N–H and O–H groups in total. The van der Waals surface area contributed by atoms with Crippen LogP contribution < -0.4 is 5.32 Å². The van der Waals surface area contributed by atoms with Gasteiger partial charge in [-0.25, -0.2) is 9.07 Å². The van der Waals surface area contributed by atoms with Crippen molar-refractivity contribution in [2.45, 2.75) is 20.3 Å². The molecule has 0 bridgehead atoms. The molecule has 128 valence electrons. The van der Waals surface area contributed by atoms with Crippen LogP contribution in [0, 0.1) is 19.7 Å². The van der Waals surface area contributed by atoms with Crippen molar-refractivity contribution in [3.63, 3.8) is 0 Å². The molecule has 0 aliphatic heterocycles. The molecular weight excluding hydrogens is 317 g/mol. The van der Waals surface area contributed by atoms with Gasteiger partial charge in [0.15, 0.2) is 0 Å². The fraction of sp³-hybridized carbons (Fsp3) is 0.200. The molecule has 0 atom stereocenters. The molecule has 0 aliphatic carbocycles. The number of amides is 1. The van der Waals surface area contributed by atoms with Crippen molar-refractivity contribution in [3.05, 3.63) is 82.9 Å². The first-order valence-corrected chi connectivity index (χ1v) is 8.20. The Hall–Kier alpha value is -2.95. The minimum atomic E-state index is -0.264. The molecule has 0 saturated carbocycles. The van der Waals surface area contributed by atoms with Gasteiger partial charge in [0.2, 0.25) is 0 Å². The van der Waals surface area contributed by atoms with E-state index in [1.54, 1.807) is 10.7 Å². The van der Waals surface area contributed by atoms with E-state index >= 15 is 0 Å². The molecule has 5 heteroatoms. The second-order valence-corrected chi connectivity index (χ2v) is 5.93. The monoisotopic (exact) mass is 337 g/mol. The first kappa shape index (κ1) is 16.9. The number of nitrogens with one attached hydrogen (secondary N) is 1. The third-order valence-electron chi connectivity index (χ3n) is 4.11. The van der Waals surface area contributed by atoms with E-state index in [-0.39, 0.29) is 11.7 Å². The van der Waals surface area contributed by atoms with Gasteiger partial charge in [-0.2, -0.15) is 5.10 Å². The molecule has 0 unspecified atom stereocenters. The number of rotatable bonds is 5. The van der Waals surface area contributed by atoms with Crippen LogP contribution in [0.5, 0.6) is 0 Å². The van der Waals surface area contributed by atoms with Crippen LogP contribution in [0.1, 0.15) is 27.3 Å². The van der Waals surface area contributed by atoms with Crippen LogP contribution in [-0.4, -0.2) is 22.2 Å². The molecule has 1 amide bonds. The molecule has 0 fully saturated rings. The van der Waals surface area contributed by atoms with Crippen LogP contribution in [-0.2, 0) is 6.42 Å². The lowest BCUT2D eigenvalue weighted by molar-refractivity contribution is 0.0953. The predicted octanol–water partition coefficient (Wildman–Crippen LogP) is 3.60. The van der Waals surface area contributed by atoms with Crippen molar-refractivity contribution in [3.8, 4) is 5.69 Å². The predicted molar refractivity (Wildman–Crippen MR) is 95.5 cm³/mol. The highest BCUT2D eigenvalue weighted by Crippen LogP contribution is 2.17. The van der Waals surface area contributed by atoms with Gasteiger partial charge >= 0.3 is 0 Å². The Morgan fingerprint density at radius 3 is 2.60 bits per heavy atom. The molecule has 0 saturated heterocycles. The maximum Gasteiger partial charge on any atom is 0.255 e. The molecular formula is C20H20FN3O. The first-order chi connectivity index (χ1) is 12.1. The molecule has 0 aliphatic rings. The zero-order valence-electron chi connectivity index (χ0n) is 14.3. The summed E-state index contributed by atoms with van der Waals surface area (Å²) in [5.74, 6) is -0.423. The van der Waals surface area contributed by atoms with Gasteiger partial charge in [0.1, 0.15) is 5.82 Å². The van der Waals surface area contributed by atoms with Crippen molar-refractivity contribution in [2.24, 2.45) is 0 Å². The maximum atomic E-state index is 13.2. The second kappa shape index (κ2) is 7.30. The maximum absolute atomic E-state index is 13.2. The Labute approximate surface area is 146 Å². The quantitative estimate of drug-likeness (QED) is 0.773. The normalized spacial score (nSPS) is 10.7. The van der Waals surface area contributed by atoms with Crippen molar-refractivity contribution in [2.75, 3.05) is 6.54 Å². The second-order valence-electron chi connectivity index (χ2n) is 5.93. The Balaban J connectivity index is 1.71.